The second-order valence-corrected chi connectivity index (χ2v) is 10.5. The molecule has 4 aliphatic rings. The van der Waals surface area contributed by atoms with E-state index in [9.17, 15) is 15.0 Å². The molecule has 2 saturated heterocycles. The second kappa shape index (κ2) is 9.41. The number of phenolic OH excluding ortho intramolecular Hbond substituents is 2. The van der Waals surface area contributed by atoms with Crippen molar-refractivity contribution in [3.05, 3.63) is 53.1 Å². The highest BCUT2D eigenvalue weighted by atomic mass is 16.7. The molecular formula is C29H33NO9. The van der Waals surface area contributed by atoms with Gasteiger partial charge in [0.05, 0.1) is 14.2 Å². The molecule has 6 rings (SSSR count). The summed E-state index contributed by atoms with van der Waals surface area (Å²) in [5, 5.41) is 25.1. The van der Waals surface area contributed by atoms with Crippen molar-refractivity contribution in [3.8, 4) is 23.0 Å². The van der Waals surface area contributed by atoms with E-state index in [1.807, 2.05) is 6.07 Å². The quantitative estimate of drug-likeness (QED) is 0.357. The average molecular weight is 540 g/mol. The number of ether oxygens (including phenoxy) is 6. The van der Waals surface area contributed by atoms with Crippen molar-refractivity contribution in [3.63, 3.8) is 0 Å². The Morgan fingerprint density at radius 3 is 2.56 bits per heavy atom. The third-order valence-corrected chi connectivity index (χ3v) is 8.93. The minimum absolute atomic E-state index is 0.0320. The van der Waals surface area contributed by atoms with Crippen molar-refractivity contribution in [2.45, 2.75) is 48.4 Å². The number of benzene rings is 2. The fraction of sp³-hybridized carbons (Fsp3) is 0.483. The van der Waals surface area contributed by atoms with Crippen LogP contribution in [0.4, 0.5) is 0 Å². The third kappa shape index (κ3) is 3.58. The molecule has 7 unspecified atom stereocenters. The Morgan fingerprint density at radius 2 is 1.87 bits per heavy atom. The molecule has 2 aliphatic heterocycles. The van der Waals surface area contributed by atoms with Crippen molar-refractivity contribution in [1.29, 1.82) is 0 Å². The van der Waals surface area contributed by atoms with Crippen molar-refractivity contribution >= 4 is 12.0 Å². The molecule has 208 valence electrons. The van der Waals surface area contributed by atoms with Crippen LogP contribution in [0.3, 0.4) is 0 Å². The molecule has 2 aliphatic carbocycles. The molecule has 0 radical (unpaired) electrons. The maximum Gasteiger partial charge on any atom is 0.331 e. The van der Waals surface area contributed by atoms with Gasteiger partial charge in [-0.25, -0.2) is 4.79 Å². The Labute approximate surface area is 226 Å². The molecule has 10 nitrogen and oxygen atoms in total. The largest absolute Gasteiger partial charge is 0.504 e. The summed E-state index contributed by atoms with van der Waals surface area (Å²) in [6, 6.07) is 8.46. The van der Waals surface area contributed by atoms with E-state index in [0.717, 1.165) is 11.1 Å². The van der Waals surface area contributed by atoms with Gasteiger partial charge in [0, 0.05) is 43.2 Å². The van der Waals surface area contributed by atoms with Gasteiger partial charge in [-0.2, -0.15) is 0 Å². The SMILES string of the molecule is COc1ccc(/C=C/C(=O)OC2CC34CCNC5C(OC(OC)(C2OC)C53)c2ccc(OC)c(O)c24)cc1O. The van der Waals surface area contributed by atoms with Gasteiger partial charge >= 0.3 is 5.97 Å². The summed E-state index contributed by atoms with van der Waals surface area (Å²) in [5.41, 5.74) is 1.64. The maximum absolute atomic E-state index is 13.1. The van der Waals surface area contributed by atoms with Crippen LogP contribution in [-0.4, -0.2) is 75.2 Å². The Balaban J connectivity index is 1.38. The van der Waals surface area contributed by atoms with Gasteiger partial charge in [0.2, 0.25) is 5.79 Å². The highest BCUT2D eigenvalue weighted by molar-refractivity contribution is 5.87. The minimum atomic E-state index is -1.22. The van der Waals surface area contributed by atoms with E-state index < -0.39 is 29.4 Å². The Morgan fingerprint density at radius 1 is 1.10 bits per heavy atom. The first kappa shape index (κ1) is 25.9. The van der Waals surface area contributed by atoms with Gasteiger partial charge in [0.15, 0.2) is 23.0 Å². The molecule has 2 aromatic rings. The van der Waals surface area contributed by atoms with Gasteiger partial charge in [0.25, 0.3) is 0 Å². The molecule has 10 heteroatoms. The predicted molar refractivity (Wildman–Crippen MR) is 139 cm³/mol. The standard InChI is InChI=1S/C29H33NO9/c1-34-18-8-5-15(13-17(18)31)6-10-21(32)38-20-14-28-11-12-30-23-25(16-7-9-19(35-2)24(33)22(16)28)39-29(37-4,26(23)28)27(20)36-3/h5-10,13,20,23,25-27,30-31,33H,11-12,14H2,1-4H3/b10-6+. The zero-order valence-corrected chi connectivity index (χ0v) is 22.3. The van der Waals surface area contributed by atoms with E-state index >= 15 is 0 Å². The van der Waals surface area contributed by atoms with Crippen molar-refractivity contribution in [1.82, 2.24) is 5.32 Å². The Hall–Kier alpha value is -3.31. The highest BCUT2D eigenvalue weighted by Crippen LogP contribution is 2.68. The number of hydrogen-bond acceptors (Lipinski definition) is 10. The van der Waals surface area contributed by atoms with Crippen LogP contribution < -0.4 is 14.8 Å². The molecule has 2 aromatic carbocycles. The lowest BCUT2D eigenvalue weighted by Crippen LogP contribution is -2.71. The summed E-state index contributed by atoms with van der Waals surface area (Å²) >= 11 is 0. The second-order valence-electron chi connectivity index (χ2n) is 10.5. The van der Waals surface area contributed by atoms with E-state index in [4.69, 9.17) is 28.4 Å². The highest BCUT2D eigenvalue weighted by Gasteiger charge is 2.76. The number of nitrogens with one attached hydrogen (secondary N) is 1. The van der Waals surface area contributed by atoms with E-state index in [-0.39, 0.29) is 29.6 Å². The van der Waals surface area contributed by atoms with Gasteiger partial charge in [-0.1, -0.05) is 12.1 Å². The number of carbonyl (C=O) groups excluding carboxylic acids is 1. The number of rotatable bonds is 7. The lowest BCUT2D eigenvalue weighted by atomic mass is 9.50. The van der Waals surface area contributed by atoms with Crippen LogP contribution >= 0.6 is 0 Å². The van der Waals surface area contributed by atoms with Crippen LogP contribution in [0, 0.1) is 5.92 Å². The first-order chi connectivity index (χ1) is 18.8. The number of fused-ring (bicyclic) bond motifs is 2. The normalized spacial score (nSPS) is 34.0. The summed E-state index contributed by atoms with van der Waals surface area (Å²) in [4.78, 5) is 13.1. The molecule has 3 fully saturated rings. The summed E-state index contributed by atoms with van der Waals surface area (Å²) in [5.74, 6) is -1.22. The molecule has 0 aromatic heterocycles. The molecular weight excluding hydrogens is 506 g/mol. The molecule has 0 amide bonds. The summed E-state index contributed by atoms with van der Waals surface area (Å²) < 4.78 is 35.5. The van der Waals surface area contributed by atoms with Gasteiger partial charge in [-0.05, 0) is 54.8 Å². The van der Waals surface area contributed by atoms with Crippen LogP contribution in [0.1, 0.15) is 35.6 Å². The van der Waals surface area contributed by atoms with Crippen LogP contribution in [-0.2, 0) is 29.2 Å². The Bertz CT molecular complexity index is 1330. The molecule has 7 atom stereocenters. The molecule has 0 spiro atoms. The minimum Gasteiger partial charge on any atom is -0.504 e. The lowest BCUT2D eigenvalue weighted by Gasteiger charge is -2.59. The molecule has 1 saturated carbocycles. The average Bonchev–Trinajstić information content (AvgIpc) is 3.24. The maximum atomic E-state index is 13.1. The smallest absolute Gasteiger partial charge is 0.331 e. The number of phenols is 2. The number of aromatic hydroxyl groups is 2. The third-order valence-electron chi connectivity index (χ3n) is 8.93. The monoisotopic (exact) mass is 539 g/mol. The van der Waals surface area contributed by atoms with Crippen LogP contribution in [0.15, 0.2) is 36.4 Å². The van der Waals surface area contributed by atoms with Crippen molar-refractivity contribution in [2.24, 2.45) is 5.92 Å². The summed E-state index contributed by atoms with van der Waals surface area (Å²) in [7, 11) is 6.14. The van der Waals surface area contributed by atoms with Crippen molar-refractivity contribution in [2.75, 3.05) is 35.0 Å². The van der Waals surface area contributed by atoms with Gasteiger partial charge in [0.1, 0.15) is 18.3 Å². The number of carbonyl (C=O) groups is 1. The molecule has 3 N–H and O–H groups in total. The van der Waals surface area contributed by atoms with E-state index in [0.29, 0.717) is 36.4 Å². The van der Waals surface area contributed by atoms with Crippen LogP contribution in [0.5, 0.6) is 23.0 Å². The summed E-state index contributed by atoms with van der Waals surface area (Å²) in [6.07, 6.45) is 2.12. The topological polar surface area (TPSA) is 125 Å². The molecule has 4 bridgehead atoms. The van der Waals surface area contributed by atoms with Crippen LogP contribution in [0.2, 0.25) is 0 Å². The van der Waals surface area contributed by atoms with Crippen molar-refractivity contribution < 1.29 is 43.4 Å². The van der Waals surface area contributed by atoms with Gasteiger partial charge < -0.3 is 44.0 Å². The van der Waals surface area contributed by atoms with Gasteiger partial charge in [-0.3, -0.25) is 0 Å². The number of piperidine rings is 1. The summed E-state index contributed by atoms with van der Waals surface area (Å²) in [6.45, 7) is 0.704. The van der Waals surface area contributed by atoms with Crippen LogP contribution in [0.25, 0.3) is 6.08 Å². The number of esters is 1. The first-order valence-corrected chi connectivity index (χ1v) is 13.0. The van der Waals surface area contributed by atoms with E-state index in [2.05, 4.69) is 5.32 Å². The number of methoxy groups -OCH3 is 4. The molecule has 2 heterocycles. The first-order valence-electron chi connectivity index (χ1n) is 13.0. The van der Waals surface area contributed by atoms with E-state index in [1.165, 1.54) is 26.4 Å². The molecule has 39 heavy (non-hydrogen) atoms. The number of hydrogen-bond donors (Lipinski definition) is 3. The van der Waals surface area contributed by atoms with E-state index in [1.54, 1.807) is 38.5 Å². The lowest BCUT2D eigenvalue weighted by molar-refractivity contribution is -0.323. The zero-order valence-electron chi connectivity index (χ0n) is 22.3. The predicted octanol–water partition coefficient (Wildman–Crippen LogP) is 2.80. The van der Waals surface area contributed by atoms with Gasteiger partial charge in [-0.15, -0.1) is 0 Å². The fourth-order valence-corrected chi connectivity index (χ4v) is 7.57. The Kier molecular flexibility index (Phi) is 6.26. The fourth-order valence-electron chi connectivity index (χ4n) is 7.57. The zero-order chi connectivity index (χ0) is 27.5.